The number of guanidine groups is 1. The molecular formula is C16H29IN6O4S. The maximum absolute atomic E-state index is 12.5. The zero-order chi connectivity index (χ0) is 20.1. The Hall–Kier alpha value is -1.41. The van der Waals surface area contributed by atoms with Crippen molar-refractivity contribution in [3.05, 3.63) is 18.0 Å². The molecule has 1 aliphatic rings. The molecule has 0 unspecified atom stereocenters. The molecule has 1 aromatic rings. The first-order chi connectivity index (χ1) is 12.7. The van der Waals surface area contributed by atoms with Crippen molar-refractivity contribution in [2.45, 2.75) is 26.5 Å². The quantitative estimate of drug-likeness (QED) is 0.294. The standard InChI is InChI=1S/C16H28N6O4S.HI/c1-4-18-15(19-12-16(2,3)14(17)23)21-6-8-22(9-7-21)27(24,25)11-13-5-10-26-20-13;/h5,10H,4,6-9,11-12H2,1-3H3,(H2,17,23)(H,18,19);1H. The van der Waals surface area contributed by atoms with Crippen molar-refractivity contribution in [1.29, 1.82) is 0 Å². The number of hydrogen-bond acceptors (Lipinski definition) is 6. The van der Waals surface area contributed by atoms with E-state index in [2.05, 4.69) is 15.5 Å². The van der Waals surface area contributed by atoms with E-state index < -0.39 is 21.3 Å². The van der Waals surface area contributed by atoms with Crippen LogP contribution in [0.5, 0.6) is 0 Å². The Morgan fingerprint density at radius 1 is 1.36 bits per heavy atom. The molecule has 0 aromatic carbocycles. The normalized spacial score (nSPS) is 16.5. The van der Waals surface area contributed by atoms with Gasteiger partial charge in [0.05, 0.1) is 17.7 Å². The summed E-state index contributed by atoms with van der Waals surface area (Å²) in [6, 6.07) is 1.55. The van der Waals surface area contributed by atoms with Crippen LogP contribution >= 0.6 is 24.0 Å². The lowest BCUT2D eigenvalue weighted by molar-refractivity contribution is -0.125. The Labute approximate surface area is 183 Å². The van der Waals surface area contributed by atoms with Gasteiger partial charge in [-0.2, -0.15) is 4.31 Å². The number of nitrogens with zero attached hydrogens (tertiary/aromatic N) is 4. The highest BCUT2D eigenvalue weighted by Gasteiger charge is 2.30. The molecule has 2 rings (SSSR count). The molecule has 1 aliphatic heterocycles. The van der Waals surface area contributed by atoms with Gasteiger partial charge in [-0.25, -0.2) is 8.42 Å². The largest absolute Gasteiger partial charge is 0.369 e. The van der Waals surface area contributed by atoms with E-state index in [0.29, 0.717) is 44.4 Å². The number of aliphatic imine (C=N–C) groups is 1. The van der Waals surface area contributed by atoms with Gasteiger partial charge in [-0.05, 0) is 20.8 Å². The zero-order valence-electron chi connectivity index (χ0n) is 16.4. The predicted octanol–water partition coefficient (Wildman–Crippen LogP) is 0.217. The number of amides is 1. The first-order valence-corrected chi connectivity index (χ1v) is 10.5. The topological polar surface area (TPSA) is 134 Å². The summed E-state index contributed by atoms with van der Waals surface area (Å²) in [7, 11) is -3.45. The average Bonchev–Trinajstić information content (AvgIpc) is 3.11. The lowest BCUT2D eigenvalue weighted by Crippen LogP contribution is -2.54. The molecule has 0 atom stereocenters. The van der Waals surface area contributed by atoms with E-state index in [1.54, 1.807) is 19.9 Å². The number of carbonyl (C=O) groups is 1. The van der Waals surface area contributed by atoms with Crippen LogP contribution < -0.4 is 11.1 Å². The van der Waals surface area contributed by atoms with Crippen LogP contribution in [0.3, 0.4) is 0 Å². The number of sulfonamides is 1. The highest BCUT2D eigenvalue weighted by Crippen LogP contribution is 2.16. The van der Waals surface area contributed by atoms with Gasteiger partial charge in [0.1, 0.15) is 12.0 Å². The molecule has 0 bridgehead atoms. The third kappa shape index (κ3) is 6.58. The summed E-state index contributed by atoms with van der Waals surface area (Å²) in [6.07, 6.45) is 1.36. The molecule has 2 heterocycles. The summed E-state index contributed by atoms with van der Waals surface area (Å²) in [5.74, 6) is 0.0658. The fourth-order valence-corrected chi connectivity index (χ4v) is 3.97. The Kier molecular flexibility index (Phi) is 9.14. The number of nitrogens with one attached hydrogen (secondary N) is 1. The second kappa shape index (κ2) is 10.4. The van der Waals surface area contributed by atoms with E-state index in [9.17, 15) is 13.2 Å². The first kappa shape index (κ1) is 24.6. The van der Waals surface area contributed by atoms with Crippen molar-refractivity contribution < 1.29 is 17.7 Å². The van der Waals surface area contributed by atoms with Gasteiger partial charge in [-0.1, -0.05) is 5.16 Å². The second-order valence-corrected chi connectivity index (χ2v) is 9.02. The highest BCUT2D eigenvalue weighted by atomic mass is 127. The minimum absolute atomic E-state index is 0. The smallest absolute Gasteiger partial charge is 0.224 e. The number of hydrogen-bond donors (Lipinski definition) is 2. The molecule has 0 radical (unpaired) electrons. The molecule has 0 aliphatic carbocycles. The molecule has 28 heavy (non-hydrogen) atoms. The van der Waals surface area contributed by atoms with Gasteiger partial charge in [0.15, 0.2) is 5.96 Å². The van der Waals surface area contributed by atoms with Gasteiger partial charge >= 0.3 is 0 Å². The third-order valence-corrected chi connectivity index (χ3v) is 6.19. The fraction of sp³-hybridized carbons (Fsp3) is 0.688. The van der Waals surface area contributed by atoms with Crippen molar-refractivity contribution in [2.75, 3.05) is 39.3 Å². The number of halogens is 1. The summed E-state index contributed by atoms with van der Waals surface area (Å²) < 4.78 is 31.2. The lowest BCUT2D eigenvalue weighted by atomic mass is 9.93. The van der Waals surface area contributed by atoms with Crippen molar-refractivity contribution in [2.24, 2.45) is 16.1 Å². The van der Waals surface area contributed by atoms with Crippen molar-refractivity contribution in [1.82, 2.24) is 19.7 Å². The van der Waals surface area contributed by atoms with E-state index in [1.807, 2.05) is 11.8 Å². The number of primary amides is 1. The van der Waals surface area contributed by atoms with Crippen molar-refractivity contribution in [3.63, 3.8) is 0 Å². The third-order valence-electron chi connectivity index (χ3n) is 4.38. The summed E-state index contributed by atoms with van der Waals surface area (Å²) in [4.78, 5) is 18.0. The summed E-state index contributed by atoms with van der Waals surface area (Å²) in [5.41, 5.74) is 5.05. The molecule has 1 amide bonds. The summed E-state index contributed by atoms with van der Waals surface area (Å²) in [5, 5.41) is 6.85. The molecule has 12 heteroatoms. The minimum Gasteiger partial charge on any atom is -0.369 e. The van der Waals surface area contributed by atoms with Crippen LogP contribution in [-0.4, -0.2) is 73.9 Å². The SMILES string of the molecule is CCNC(=NCC(C)(C)C(N)=O)N1CCN(S(=O)(=O)Cc2ccon2)CC1.I. The number of aromatic nitrogens is 1. The van der Waals surface area contributed by atoms with Crippen LogP contribution in [0.1, 0.15) is 26.5 Å². The molecule has 1 saturated heterocycles. The molecule has 0 spiro atoms. The van der Waals surface area contributed by atoms with Crippen LogP contribution in [0.15, 0.2) is 21.8 Å². The van der Waals surface area contributed by atoms with Gasteiger partial charge < -0.3 is 20.5 Å². The monoisotopic (exact) mass is 528 g/mol. The molecular weight excluding hydrogens is 499 g/mol. The van der Waals surface area contributed by atoms with E-state index in [0.717, 1.165) is 0 Å². The maximum Gasteiger partial charge on any atom is 0.224 e. The fourth-order valence-electron chi connectivity index (χ4n) is 2.54. The number of rotatable bonds is 7. The predicted molar refractivity (Wildman–Crippen MR) is 117 cm³/mol. The molecule has 1 aromatic heterocycles. The number of carbonyl (C=O) groups excluding carboxylic acids is 1. The van der Waals surface area contributed by atoms with Gasteiger partial charge in [0.2, 0.25) is 15.9 Å². The van der Waals surface area contributed by atoms with E-state index in [4.69, 9.17) is 10.3 Å². The minimum atomic E-state index is -3.45. The number of piperazine rings is 1. The van der Waals surface area contributed by atoms with Gasteiger partial charge in [-0.15, -0.1) is 24.0 Å². The van der Waals surface area contributed by atoms with E-state index in [-0.39, 0.29) is 36.3 Å². The molecule has 0 saturated carbocycles. The van der Waals surface area contributed by atoms with Crippen LogP contribution in [0, 0.1) is 5.41 Å². The average molecular weight is 528 g/mol. The second-order valence-electron chi connectivity index (χ2n) is 7.05. The molecule has 3 N–H and O–H groups in total. The number of nitrogens with two attached hydrogens (primary N) is 1. The van der Waals surface area contributed by atoms with E-state index in [1.165, 1.54) is 10.6 Å². The van der Waals surface area contributed by atoms with Crippen LogP contribution in [-0.2, 0) is 20.6 Å². The van der Waals surface area contributed by atoms with Crippen molar-refractivity contribution >= 4 is 45.9 Å². The zero-order valence-corrected chi connectivity index (χ0v) is 19.6. The van der Waals surface area contributed by atoms with Gasteiger partial charge in [0, 0.05) is 38.8 Å². The Bertz CT molecular complexity index is 758. The van der Waals surface area contributed by atoms with Crippen LogP contribution in [0.4, 0.5) is 0 Å². The molecule has 1 fully saturated rings. The van der Waals surface area contributed by atoms with Crippen molar-refractivity contribution in [3.8, 4) is 0 Å². The van der Waals surface area contributed by atoms with Crippen LogP contribution in [0.2, 0.25) is 0 Å². The summed E-state index contributed by atoms with van der Waals surface area (Å²) >= 11 is 0. The van der Waals surface area contributed by atoms with E-state index >= 15 is 0 Å². The molecule has 160 valence electrons. The van der Waals surface area contributed by atoms with Crippen LogP contribution in [0.25, 0.3) is 0 Å². The highest BCUT2D eigenvalue weighted by molar-refractivity contribution is 14.0. The first-order valence-electron chi connectivity index (χ1n) is 8.86. The Morgan fingerprint density at radius 3 is 2.50 bits per heavy atom. The Balaban J connectivity index is 0.00000392. The summed E-state index contributed by atoms with van der Waals surface area (Å²) in [6.45, 7) is 8.08. The molecule has 10 nitrogen and oxygen atoms in total. The Morgan fingerprint density at radius 2 is 2.00 bits per heavy atom. The van der Waals surface area contributed by atoms with Gasteiger partial charge in [0.25, 0.3) is 0 Å². The maximum atomic E-state index is 12.5. The van der Waals surface area contributed by atoms with Gasteiger partial charge in [-0.3, -0.25) is 9.79 Å². The lowest BCUT2D eigenvalue weighted by Gasteiger charge is -2.36.